The summed E-state index contributed by atoms with van der Waals surface area (Å²) in [5, 5.41) is 7.49. The zero-order valence-electron chi connectivity index (χ0n) is 21.9. The van der Waals surface area contributed by atoms with Crippen LogP contribution in [0.2, 0.25) is 10.0 Å². The minimum Gasteiger partial charge on any atom is -0.375 e. The molecular weight excluding hydrogens is 557 g/mol. The van der Waals surface area contributed by atoms with Crippen molar-refractivity contribution in [2.45, 2.75) is 44.5 Å². The molecule has 39 heavy (non-hydrogen) atoms. The first-order valence-corrected chi connectivity index (χ1v) is 13.5. The van der Waals surface area contributed by atoms with E-state index in [-0.39, 0.29) is 30.8 Å². The number of nitrogens with one attached hydrogen (secondary N) is 2. The van der Waals surface area contributed by atoms with Gasteiger partial charge in [0.05, 0.1) is 28.8 Å². The molecule has 0 aliphatic carbocycles. The average molecular weight is 591 g/mol. The van der Waals surface area contributed by atoms with Gasteiger partial charge in [-0.3, -0.25) is 14.9 Å². The van der Waals surface area contributed by atoms with Crippen LogP contribution in [0.5, 0.6) is 0 Å². The van der Waals surface area contributed by atoms with Crippen LogP contribution in [-0.4, -0.2) is 42.5 Å². The third-order valence-electron chi connectivity index (χ3n) is 6.90. The number of hydrogen-bond acceptors (Lipinski definition) is 4. The average Bonchev–Trinajstić information content (AvgIpc) is 2.93. The van der Waals surface area contributed by atoms with E-state index in [0.717, 1.165) is 16.7 Å². The Morgan fingerprint density at radius 1 is 0.923 bits per heavy atom. The number of carbonyl (C=O) groups is 2. The van der Waals surface area contributed by atoms with Gasteiger partial charge < -0.3 is 15.0 Å². The Bertz CT molecular complexity index is 1220. The molecule has 6 nitrogen and oxygen atoms in total. The standard InChI is InChI=1S/C30H33Cl2N3O3.ClH/c1-22(36)34-30(25-10-6-3-7-11-25)14-16-35(17-15-30)29(37)28(21-38-20-23-8-4-2-5-9-23)33-19-24-12-13-26(31)27(32)18-24;/h2-13,18,28,33H,14-17,19-21H2,1H3,(H,34,36);1H/t28-;/m0./s1. The normalized spacial score (nSPS) is 15.2. The van der Waals surface area contributed by atoms with E-state index >= 15 is 0 Å². The fourth-order valence-corrected chi connectivity index (χ4v) is 5.21. The van der Waals surface area contributed by atoms with Crippen molar-refractivity contribution in [2.75, 3.05) is 19.7 Å². The molecule has 0 radical (unpaired) electrons. The fraction of sp³-hybridized carbons (Fsp3) is 0.333. The fourth-order valence-electron chi connectivity index (χ4n) is 4.89. The van der Waals surface area contributed by atoms with E-state index in [2.05, 4.69) is 10.6 Å². The summed E-state index contributed by atoms with van der Waals surface area (Å²) in [6, 6.07) is 24.7. The number of piperidine rings is 1. The maximum absolute atomic E-state index is 13.7. The smallest absolute Gasteiger partial charge is 0.242 e. The third kappa shape index (κ3) is 8.44. The van der Waals surface area contributed by atoms with E-state index in [1.807, 2.05) is 71.6 Å². The zero-order chi connectivity index (χ0) is 27.0. The number of carbonyl (C=O) groups excluding carboxylic acids is 2. The lowest BCUT2D eigenvalue weighted by Gasteiger charge is -2.43. The Labute approximate surface area is 246 Å². The van der Waals surface area contributed by atoms with Crippen molar-refractivity contribution in [3.8, 4) is 0 Å². The largest absolute Gasteiger partial charge is 0.375 e. The number of amides is 2. The van der Waals surface area contributed by atoms with Crippen molar-refractivity contribution in [1.29, 1.82) is 0 Å². The van der Waals surface area contributed by atoms with Crippen LogP contribution < -0.4 is 10.6 Å². The molecule has 0 saturated carbocycles. The maximum Gasteiger partial charge on any atom is 0.242 e. The van der Waals surface area contributed by atoms with Crippen LogP contribution in [0.15, 0.2) is 78.9 Å². The second-order valence-electron chi connectivity index (χ2n) is 9.64. The predicted octanol–water partition coefficient (Wildman–Crippen LogP) is 5.74. The Balaban J connectivity index is 0.00000420. The summed E-state index contributed by atoms with van der Waals surface area (Å²) in [6.07, 6.45) is 1.26. The van der Waals surface area contributed by atoms with Gasteiger partial charge in [-0.1, -0.05) is 89.9 Å². The first kappa shape index (κ1) is 30.9. The lowest BCUT2D eigenvalue weighted by Crippen LogP contribution is -2.57. The maximum atomic E-state index is 13.7. The number of halogens is 3. The molecule has 0 unspecified atom stereocenters. The molecule has 1 aliphatic heterocycles. The Hall–Kier alpha value is -2.61. The SMILES string of the molecule is CC(=O)NC1(c2ccccc2)CCN(C(=O)[C@H](COCc2ccccc2)NCc2ccc(Cl)c(Cl)c2)CC1.Cl. The topological polar surface area (TPSA) is 70.7 Å². The van der Waals surface area contributed by atoms with Gasteiger partial charge in [0.2, 0.25) is 11.8 Å². The van der Waals surface area contributed by atoms with Crippen LogP contribution in [0.4, 0.5) is 0 Å². The number of hydrogen-bond donors (Lipinski definition) is 2. The van der Waals surface area contributed by atoms with Gasteiger partial charge in [0.25, 0.3) is 0 Å². The summed E-state index contributed by atoms with van der Waals surface area (Å²) in [5.41, 5.74) is 2.54. The summed E-state index contributed by atoms with van der Waals surface area (Å²) in [7, 11) is 0. The highest BCUT2D eigenvalue weighted by Crippen LogP contribution is 2.33. The molecule has 208 valence electrons. The van der Waals surface area contributed by atoms with E-state index < -0.39 is 11.6 Å². The van der Waals surface area contributed by atoms with E-state index in [9.17, 15) is 9.59 Å². The first-order chi connectivity index (χ1) is 18.4. The Morgan fingerprint density at radius 2 is 1.56 bits per heavy atom. The molecule has 0 spiro atoms. The van der Waals surface area contributed by atoms with E-state index in [1.165, 1.54) is 6.92 Å². The minimum atomic E-state index is -0.543. The monoisotopic (exact) mass is 589 g/mol. The molecule has 0 bridgehead atoms. The second kappa shape index (κ2) is 14.7. The van der Waals surface area contributed by atoms with Gasteiger partial charge in [-0.25, -0.2) is 0 Å². The van der Waals surface area contributed by atoms with Crippen LogP contribution in [0.25, 0.3) is 0 Å². The molecule has 1 saturated heterocycles. The van der Waals surface area contributed by atoms with E-state index in [0.29, 0.717) is 49.1 Å². The van der Waals surface area contributed by atoms with Crippen LogP contribution in [0, 0.1) is 0 Å². The molecule has 9 heteroatoms. The number of ether oxygens (including phenoxy) is 1. The highest BCUT2D eigenvalue weighted by Gasteiger charge is 2.39. The molecule has 2 amide bonds. The highest BCUT2D eigenvalue weighted by molar-refractivity contribution is 6.42. The van der Waals surface area contributed by atoms with E-state index in [4.69, 9.17) is 27.9 Å². The van der Waals surface area contributed by atoms with Gasteiger partial charge in [0.1, 0.15) is 6.04 Å². The summed E-state index contributed by atoms with van der Waals surface area (Å²) >= 11 is 12.3. The van der Waals surface area contributed by atoms with Gasteiger partial charge in [-0.2, -0.15) is 0 Å². The zero-order valence-corrected chi connectivity index (χ0v) is 24.2. The van der Waals surface area contributed by atoms with Crippen molar-refractivity contribution < 1.29 is 14.3 Å². The molecule has 2 N–H and O–H groups in total. The molecular formula is C30H34Cl3N3O3. The molecule has 3 aromatic rings. The minimum absolute atomic E-state index is 0. The van der Waals surface area contributed by atoms with Crippen LogP contribution in [-0.2, 0) is 33.0 Å². The summed E-state index contributed by atoms with van der Waals surface area (Å²) in [6.45, 7) is 3.67. The molecule has 1 fully saturated rings. The summed E-state index contributed by atoms with van der Waals surface area (Å²) in [4.78, 5) is 27.6. The van der Waals surface area contributed by atoms with Crippen molar-refractivity contribution in [3.05, 3.63) is 106 Å². The predicted molar refractivity (Wildman–Crippen MR) is 158 cm³/mol. The lowest BCUT2D eigenvalue weighted by atomic mass is 9.80. The number of rotatable bonds is 10. The van der Waals surface area contributed by atoms with Crippen molar-refractivity contribution in [3.63, 3.8) is 0 Å². The lowest BCUT2D eigenvalue weighted by molar-refractivity contribution is -0.137. The highest BCUT2D eigenvalue weighted by atomic mass is 35.5. The van der Waals surface area contributed by atoms with Gasteiger partial charge in [-0.05, 0) is 41.7 Å². The number of benzene rings is 3. The second-order valence-corrected chi connectivity index (χ2v) is 10.5. The van der Waals surface area contributed by atoms with Crippen molar-refractivity contribution in [2.24, 2.45) is 0 Å². The van der Waals surface area contributed by atoms with Crippen LogP contribution in [0.1, 0.15) is 36.5 Å². The number of nitrogens with zero attached hydrogens (tertiary/aromatic N) is 1. The molecule has 1 aliphatic rings. The summed E-state index contributed by atoms with van der Waals surface area (Å²) in [5.74, 6) is -0.105. The Kier molecular flexibility index (Phi) is 11.6. The van der Waals surface area contributed by atoms with E-state index in [1.54, 1.807) is 12.1 Å². The number of likely N-dealkylation sites (tertiary alicyclic amines) is 1. The molecule has 4 rings (SSSR count). The summed E-state index contributed by atoms with van der Waals surface area (Å²) < 4.78 is 5.97. The van der Waals surface area contributed by atoms with Crippen molar-refractivity contribution >= 4 is 47.4 Å². The molecule has 1 atom stereocenters. The van der Waals surface area contributed by atoms with Gasteiger partial charge in [-0.15, -0.1) is 12.4 Å². The van der Waals surface area contributed by atoms with Crippen LogP contribution >= 0.6 is 35.6 Å². The quantitative estimate of drug-likeness (QED) is 0.316. The molecule has 3 aromatic carbocycles. The molecule has 1 heterocycles. The molecule has 0 aromatic heterocycles. The third-order valence-corrected chi connectivity index (χ3v) is 7.64. The van der Waals surface area contributed by atoms with Crippen molar-refractivity contribution in [1.82, 2.24) is 15.5 Å². The van der Waals surface area contributed by atoms with Gasteiger partial charge in [0.15, 0.2) is 0 Å². The van der Waals surface area contributed by atoms with Gasteiger partial charge >= 0.3 is 0 Å². The van der Waals surface area contributed by atoms with Gasteiger partial charge in [0, 0.05) is 26.6 Å². The first-order valence-electron chi connectivity index (χ1n) is 12.8. The van der Waals surface area contributed by atoms with Crippen LogP contribution in [0.3, 0.4) is 0 Å². The Morgan fingerprint density at radius 3 is 2.18 bits per heavy atom.